The predicted molar refractivity (Wildman–Crippen MR) is 111 cm³/mol. The molecule has 0 spiro atoms. The van der Waals surface area contributed by atoms with Crippen LogP contribution in [0.5, 0.6) is 0 Å². The number of amides is 2. The lowest BCUT2D eigenvalue weighted by atomic mass is 10.1. The van der Waals surface area contributed by atoms with Crippen molar-refractivity contribution in [1.82, 2.24) is 4.90 Å². The van der Waals surface area contributed by atoms with E-state index in [-0.39, 0.29) is 17.7 Å². The maximum atomic E-state index is 12.9. The Balaban J connectivity index is 1.41. The Morgan fingerprint density at radius 3 is 2.39 bits per heavy atom. The van der Waals surface area contributed by atoms with Crippen molar-refractivity contribution in [2.75, 3.05) is 30.4 Å². The second kappa shape index (κ2) is 8.05. The molecule has 0 bridgehead atoms. The van der Waals surface area contributed by atoms with Crippen LogP contribution < -0.4 is 10.2 Å². The number of hydrogen-bond acceptors (Lipinski definition) is 3. The van der Waals surface area contributed by atoms with Crippen LogP contribution in [-0.2, 0) is 11.3 Å². The molecule has 0 atom stereocenters. The molecule has 1 aliphatic carbocycles. The maximum absolute atomic E-state index is 12.9. The Bertz CT molecular complexity index is 852. The highest BCUT2D eigenvalue weighted by molar-refractivity contribution is 5.96. The van der Waals surface area contributed by atoms with Crippen LogP contribution >= 0.6 is 0 Å². The van der Waals surface area contributed by atoms with E-state index in [1.165, 1.54) is 24.1 Å². The molecule has 0 unspecified atom stereocenters. The molecule has 4 rings (SSSR count). The lowest BCUT2D eigenvalue weighted by molar-refractivity contribution is -0.117. The van der Waals surface area contributed by atoms with Gasteiger partial charge in [0.1, 0.15) is 0 Å². The van der Waals surface area contributed by atoms with Gasteiger partial charge in [0, 0.05) is 49.5 Å². The third kappa shape index (κ3) is 4.19. The molecule has 0 radical (unpaired) electrons. The fourth-order valence-corrected chi connectivity index (χ4v) is 3.74. The van der Waals surface area contributed by atoms with E-state index in [2.05, 4.69) is 28.4 Å². The van der Waals surface area contributed by atoms with Crippen molar-refractivity contribution in [3.8, 4) is 0 Å². The van der Waals surface area contributed by atoms with E-state index in [4.69, 9.17) is 0 Å². The number of nitrogens with one attached hydrogen (secondary N) is 1. The topological polar surface area (TPSA) is 52.6 Å². The minimum absolute atomic E-state index is 0.0173. The lowest BCUT2D eigenvalue weighted by Crippen LogP contribution is -2.28. The number of carbonyl (C=O) groups excluding carboxylic acids is 2. The second-order valence-corrected chi connectivity index (χ2v) is 7.82. The summed E-state index contributed by atoms with van der Waals surface area (Å²) < 4.78 is 0. The van der Waals surface area contributed by atoms with E-state index in [0.717, 1.165) is 31.6 Å². The zero-order valence-corrected chi connectivity index (χ0v) is 16.4. The van der Waals surface area contributed by atoms with E-state index in [0.29, 0.717) is 12.1 Å². The number of nitrogens with zero attached hydrogens (tertiary/aromatic N) is 2. The van der Waals surface area contributed by atoms with Gasteiger partial charge < -0.3 is 15.1 Å². The minimum Gasteiger partial charge on any atom is -0.371 e. The summed E-state index contributed by atoms with van der Waals surface area (Å²) in [6.07, 6.45) is 4.41. The van der Waals surface area contributed by atoms with Crippen molar-refractivity contribution in [3.63, 3.8) is 0 Å². The normalized spacial score (nSPS) is 16.1. The lowest BCUT2D eigenvalue weighted by Gasteiger charge is -2.24. The van der Waals surface area contributed by atoms with Gasteiger partial charge >= 0.3 is 0 Å². The molecule has 1 aliphatic heterocycles. The SMILES string of the molecule is CN(Cc1ccccc1N1CCCC1)C(=O)c1ccc(NC(=O)C2CC2)cc1. The Kier molecular flexibility index (Phi) is 5.33. The molecule has 5 nitrogen and oxygen atoms in total. The number of carbonyl (C=O) groups is 2. The van der Waals surface area contributed by atoms with Gasteiger partial charge in [-0.1, -0.05) is 18.2 Å². The minimum atomic E-state index is -0.0173. The molecule has 1 N–H and O–H groups in total. The summed E-state index contributed by atoms with van der Waals surface area (Å²) in [5.74, 6) is 0.231. The van der Waals surface area contributed by atoms with Gasteiger partial charge in [0.05, 0.1) is 0 Å². The van der Waals surface area contributed by atoms with E-state index in [1.54, 1.807) is 29.2 Å². The average Bonchev–Trinajstić information content (AvgIpc) is 3.43. The highest BCUT2D eigenvalue weighted by Gasteiger charge is 2.29. The van der Waals surface area contributed by atoms with Crippen molar-refractivity contribution in [1.29, 1.82) is 0 Å². The van der Waals surface area contributed by atoms with Crippen LogP contribution in [0.3, 0.4) is 0 Å². The van der Waals surface area contributed by atoms with Gasteiger partial charge in [-0.05, 0) is 61.6 Å². The van der Waals surface area contributed by atoms with E-state index >= 15 is 0 Å². The molecular weight excluding hydrogens is 350 g/mol. The molecule has 2 fully saturated rings. The van der Waals surface area contributed by atoms with Crippen LogP contribution in [0, 0.1) is 5.92 Å². The number of rotatable bonds is 6. The molecule has 0 aromatic heterocycles. The zero-order chi connectivity index (χ0) is 19.5. The van der Waals surface area contributed by atoms with Crippen LogP contribution in [0.2, 0.25) is 0 Å². The molecule has 1 saturated carbocycles. The summed E-state index contributed by atoms with van der Waals surface area (Å²) in [5.41, 5.74) is 3.78. The highest BCUT2D eigenvalue weighted by Crippen LogP contribution is 2.30. The summed E-state index contributed by atoms with van der Waals surface area (Å²) in [6.45, 7) is 2.75. The first-order valence-corrected chi connectivity index (χ1v) is 10.1. The highest BCUT2D eigenvalue weighted by atomic mass is 16.2. The van der Waals surface area contributed by atoms with Gasteiger partial charge in [-0.25, -0.2) is 0 Å². The second-order valence-electron chi connectivity index (χ2n) is 7.82. The molecule has 146 valence electrons. The van der Waals surface area contributed by atoms with Crippen molar-refractivity contribution in [2.24, 2.45) is 5.92 Å². The molecular formula is C23H27N3O2. The average molecular weight is 377 g/mol. The van der Waals surface area contributed by atoms with E-state index < -0.39 is 0 Å². The molecule has 2 aromatic rings. The van der Waals surface area contributed by atoms with Gasteiger partial charge in [0.2, 0.25) is 5.91 Å². The van der Waals surface area contributed by atoms with E-state index in [1.807, 2.05) is 13.1 Å². The first-order valence-electron chi connectivity index (χ1n) is 10.1. The van der Waals surface area contributed by atoms with Crippen LogP contribution in [-0.4, -0.2) is 36.9 Å². The Morgan fingerprint density at radius 1 is 1.04 bits per heavy atom. The number of hydrogen-bond donors (Lipinski definition) is 1. The molecule has 28 heavy (non-hydrogen) atoms. The van der Waals surface area contributed by atoms with Gasteiger partial charge in [-0.15, -0.1) is 0 Å². The van der Waals surface area contributed by atoms with Gasteiger partial charge in [-0.3, -0.25) is 9.59 Å². The monoisotopic (exact) mass is 377 g/mol. The van der Waals surface area contributed by atoms with E-state index in [9.17, 15) is 9.59 Å². The largest absolute Gasteiger partial charge is 0.371 e. The molecule has 5 heteroatoms. The van der Waals surface area contributed by atoms with Crippen molar-refractivity contribution < 1.29 is 9.59 Å². The quantitative estimate of drug-likeness (QED) is 0.830. The fraction of sp³-hybridized carbons (Fsp3) is 0.391. The van der Waals surface area contributed by atoms with Gasteiger partial charge in [-0.2, -0.15) is 0 Å². The Labute approximate surface area is 166 Å². The molecule has 2 amide bonds. The summed E-state index contributed by atoms with van der Waals surface area (Å²) in [6, 6.07) is 15.5. The standard InChI is InChI=1S/C23H27N3O2/c1-25(16-19-6-2-3-7-21(19)26-14-4-5-15-26)23(28)18-10-12-20(13-11-18)24-22(27)17-8-9-17/h2-3,6-7,10-13,17H,4-5,8-9,14-16H2,1H3,(H,24,27). The van der Waals surface area contributed by atoms with Crippen LogP contribution in [0.1, 0.15) is 41.6 Å². The van der Waals surface area contributed by atoms with Gasteiger partial charge in [0.15, 0.2) is 0 Å². The van der Waals surface area contributed by atoms with Crippen molar-refractivity contribution in [2.45, 2.75) is 32.2 Å². The smallest absolute Gasteiger partial charge is 0.253 e. The first kappa shape index (κ1) is 18.5. The first-order chi connectivity index (χ1) is 13.6. The summed E-state index contributed by atoms with van der Waals surface area (Å²) in [7, 11) is 1.84. The van der Waals surface area contributed by atoms with Crippen LogP contribution in [0.4, 0.5) is 11.4 Å². The Morgan fingerprint density at radius 2 is 1.71 bits per heavy atom. The molecule has 1 saturated heterocycles. The predicted octanol–water partition coefficient (Wildman–Crippen LogP) is 3.91. The fourth-order valence-electron chi connectivity index (χ4n) is 3.74. The third-order valence-electron chi connectivity index (χ3n) is 5.54. The third-order valence-corrected chi connectivity index (χ3v) is 5.54. The molecule has 2 aromatic carbocycles. The summed E-state index contributed by atoms with van der Waals surface area (Å²) in [4.78, 5) is 28.9. The summed E-state index contributed by atoms with van der Waals surface area (Å²) in [5, 5.41) is 2.91. The van der Waals surface area contributed by atoms with Crippen LogP contribution in [0.25, 0.3) is 0 Å². The number of anilines is 2. The molecule has 2 aliphatic rings. The zero-order valence-electron chi connectivity index (χ0n) is 16.4. The van der Waals surface area contributed by atoms with Crippen molar-refractivity contribution >= 4 is 23.2 Å². The number of benzene rings is 2. The summed E-state index contributed by atoms with van der Waals surface area (Å²) >= 11 is 0. The van der Waals surface area contributed by atoms with Crippen LogP contribution in [0.15, 0.2) is 48.5 Å². The Hall–Kier alpha value is -2.82. The molecule has 1 heterocycles. The van der Waals surface area contributed by atoms with Crippen molar-refractivity contribution in [3.05, 3.63) is 59.7 Å². The number of para-hydroxylation sites is 1. The maximum Gasteiger partial charge on any atom is 0.253 e. The van der Waals surface area contributed by atoms with Gasteiger partial charge in [0.25, 0.3) is 5.91 Å².